The molecule has 2 N–H and O–H groups in total. The largest absolute Gasteiger partial charge is 0.421 e. The number of rotatable bonds is 14. The summed E-state index contributed by atoms with van der Waals surface area (Å²) in [6.45, 7) is 11.2. The normalized spacial score (nSPS) is 19.7. The van der Waals surface area contributed by atoms with E-state index in [4.69, 9.17) is 0 Å². The molecule has 37 heavy (non-hydrogen) atoms. The van der Waals surface area contributed by atoms with Gasteiger partial charge in [0.15, 0.2) is 5.60 Å². The van der Waals surface area contributed by atoms with Crippen molar-refractivity contribution in [1.29, 1.82) is 0 Å². The molecule has 1 aliphatic rings. The van der Waals surface area contributed by atoms with E-state index in [-0.39, 0.29) is 18.8 Å². The fraction of sp³-hybridized carbons (Fsp3) is 0.560. The fourth-order valence-corrected chi connectivity index (χ4v) is 5.94. The molecule has 0 amide bonds. The first-order valence-electron chi connectivity index (χ1n) is 11.8. The van der Waals surface area contributed by atoms with Gasteiger partial charge in [0.2, 0.25) is 10.0 Å². The average Bonchev–Trinajstić information content (AvgIpc) is 2.83. The van der Waals surface area contributed by atoms with E-state index >= 15 is 0 Å². The van der Waals surface area contributed by atoms with E-state index < -0.39 is 48.4 Å². The molecule has 4 atom stereocenters. The molecule has 12 heteroatoms. The first kappa shape index (κ1) is 33.2. The third kappa shape index (κ3) is 8.57. The lowest BCUT2D eigenvalue weighted by molar-refractivity contribution is -0.235. The molecule has 1 rings (SSSR count). The van der Waals surface area contributed by atoms with Gasteiger partial charge in [-0.25, -0.2) is 21.7 Å². The zero-order valence-electron chi connectivity index (χ0n) is 22.2. The fourth-order valence-electron chi connectivity index (χ4n) is 3.25. The van der Waals surface area contributed by atoms with Gasteiger partial charge in [0.05, 0.1) is 21.0 Å². The van der Waals surface area contributed by atoms with Crippen LogP contribution in [-0.4, -0.2) is 83.1 Å². The molecule has 0 heterocycles. The molecule has 0 aromatic carbocycles. The van der Waals surface area contributed by atoms with Crippen LogP contribution >= 0.6 is 0 Å². The van der Waals surface area contributed by atoms with Crippen molar-refractivity contribution in [3.05, 3.63) is 59.7 Å². The SMILES string of the molecule is C=C(C=CC(=C)C(C)(O)C(F)(F)F)N(C)C(CNS(=O)(=O)C(C)CC)CN(C)S(=C)(=O)C1=CC=CCC1. The van der Waals surface area contributed by atoms with Gasteiger partial charge < -0.3 is 10.0 Å². The summed E-state index contributed by atoms with van der Waals surface area (Å²) in [6.07, 6.45) is 4.61. The number of hydrogen-bond acceptors (Lipinski definition) is 5. The number of halogens is 3. The minimum Gasteiger partial charge on any atom is -0.376 e. The number of sulfonamides is 1. The van der Waals surface area contributed by atoms with Crippen LogP contribution in [0.2, 0.25) is 0 Å². The third-order valence-electron chi connectivity index (χ3n) is 6.64. The number of alkyl halides is 3. The highest BCUT2D eigenvalue weighted by molar-refractivity contribution is 8.01. The zero-order chi connectivity index (χ0) is 28.8. The van der Waals surface area contributed by atoms with Gasteiger partial charge >= 0.3 is 6.18 Å². The molecule has 7 nitrogen and oxygen atoms in total. The van der Waals surface area contributed by atoms with Gasteiger partial charge in [-0.1, -0.05) is 38.3 Å². The molecule has 0 spiro atoms. The molecule has 212 valence electrons. The summed E-state index contributed by atoms with van der Waals surface area (Å²) in [7, 11) is -3.25. The van der Waals surface area contributed by atoms with Gasteiger partial charge in [0, 0.05) is 30.7 Å². The second kappa shape index (κ2) is 12.8. The van der Waals surface area contributed by atoms with Crippen LogP contribution in [0.4, 0.5) is 13.2 Å². The molecule has 0 saturated carbocycles. The highest BCUT2D eigenvalue weighted by atomic mass is 32.2. The maximum absolute atomic E-state index is 13.5. The van der Waals surface area contributed by atoms with Crippen molar-refractivity contribution in [2.24, 2.45) is 0 Å². The van der Waals surface area contributed by atoms with E-state index in [9.17, 15) is 30.9 Å². The Balaban J connectivity index is 3.20. The van der Waals surface area contributed by atoms with Gasteiger partial charge in [-0.05, 0) is 63.8 Å². The number of hydrogen-bond donors (Lipinski definition) is 2. The maximum atomic E-state index is 13.5. The monoisotopic (exact) mass is 567 g/mol. The van der Waals surface area contributed by atoms with Gasteiger partial charge in [0.25, 0.3) is 0 Å². The van der Waals surface area contributed by atoms with Gasteiger partial charge in [-0.3, -0.25) is 0 Å². The molecule has 1 aliphatic carbocycles. The van der Waals surface area contributed by atoms with E-state index in [0.717, 1.165) is 12.5 Å². The van der Waals surface area contributed by atoms with Crippen molar-refractivity contribution >= 4 is 25.6 Å². The maximum Gasteiger partial charge on any atom is 0.421 e. The zero-order valence-corrected chi connectivity index (χ0v) is 23.8. The summed E-state index contributed by atoms with van der Waals surface area (Å²) in [5.41, 5.74) is -3.48. The van der Waals surface area contributed by atoms with Crippen LogP contribution in [0.3, 0.4) is 0 Å². The van der Waals surface area contributed by atoms with Crippen molar-refractivity contribution in [3.8, 4) is 0 Å². The summed E-state index contributed by atoms with van der Waals surface area (Å²) < 4.78 is 82.2. The molecule has 0 saturated heterocycles. The van der Waals surface area contributed by atoms with Gasteiger partial charge in [0.1, 0.15) is 0 Å². The smallest absolute Gasteiger partial charge is 0.376 e. The van der Waals surface area contributed by atoms with Crippen molar-refractivity contribution in [1.82, 2.24) is 13.9 Å². The Kier molecular flexibility index (Phi) is 11.5. The predicted octanol–water partition coefficient (Wildman–Crippen LogP) is 3.74. The molecule has 0 aromatic rings. The lowest BCUT2D eigenvalue weighted by Gasteiger charge is -2.35. The predicted molar refractivity (Wildman–Crippen MR) is 147 cm³/mol. The van der Waals surface area contributed by atoms with Crippen LogP contribution in [-0.2, 0) is 19.7 Å². The van der Waals surface area contributed by atoms with Crippen molar-refractivity contribution in [2.75, 3.05) is 27.2 Å². The third-order valence-corrected chi connectivity index (χ3v) is 10.9. The summed E-state index contributed by atoms with van der Waals surface area (Å²) in [4.78, 5) is 2.25. The molecular formula is C25H40F3N3O4S2. The van der Waals surface area contributed by atoms with Gasteiger partial charge in [-0.15, -0.1) is 0 Å². The molecule has 4 unspecified atom stereocenters. The second-order valence-corrected chi connectivity index (χ2v) is 14.0. The molecule has 0 aromatic heterocycles. The molecule has 0 fully saturated rings. The number of likely N-dealkylation sites (N-methyl/N-ethyl adjacent to an activating group) is 2. The minimum atomic E-state index is -4.92. The van der Waals surface area contributed by atoms with E-state index in [2.05, 4.69) is 23.8 Å². The van der Waals surface area contributed by atoms with Crippen LogP contribution in [0.5, 0.6) is 0 Å². The lowest BCUT2D eigenvalue weighted by Crippen LogP contribution is -2.49. The number of nitrogens with zero attached hydrogens (tertiary/aromatic N) is 2. The topological polar surface area (TPSA) is 89.9 Å². The Hall–Kier alpha value is -1.86. The highest BCUT2D eigenvalue weighted by Crippen LogP contribution is 2.35. The van der Waals surface area contributed by atoms with E-state index in [1.54, 1.807) is 43.2 Å². The molecular weight excluding hydrogens is 527 g/mol. The number of nitrogens with one attached hydrogen (secondary N) is 1. The quantitative estimate of drug-likeness (QED) is 0.247. The summed E-state index contributed by atoms with van der Waals surface area (Å²) >= 11 is 0. The van der Waals surface area contributed by atoms with E-state index in [1.165, 1.54) is 6.08 Å². The summed E-state index contributed by atoms with van der Waals surface area (Å²) in [6, 6.07) is -0.611. The van der Waals surface area contributed by atoms with Crippen LogP contribution in [0.25, 0.3) is 0 Å². The van der Waals surface area contributed by atoms with Crippen molar-refractivity contribution < 1.29 is 30.9 Å². The Morgan fingerprint density at radius 1 is 1.24 bits per heavy atom. The van der Waals surface area contributed by atoms with E-state index in [0.29, 0.717) is 24.7 Å². The Labute approximate surface area is 220 Å². The first-order valence-corrected chi connectivity index (χ1v) is 15.0. The average molecular weight is 568 g/mol. The van der Waals surface area contributed by atoms with Crippen molar-refractivity contribution in [2.45, 2.75) is 63.1 Å². The minimum absolute atomic E-state index is 0.0734. The first-order chi connectivity index (χ1) is 16.8. The molecule has 0 radical (unpaired) electrons. The Morgan fingerprint density at radius 2 is 1.84 bits per heavy atom. The van der Waals surface area contributed by atoms with Crippen LogP contribution in [0.1, 0.15) is 40.0 Å². The van der Waals surface area contributed by atoms with Gasteiger partial charge in [-0.2, -0.15) is 13.2 Å². The molecule has 0 aliphatic heterocycles. The van der Waals surface area contributed by atoms with Crippen LogP contribution in [0.15, 0.2) is 59.7 Å². The van der Waals surface area contributed by atoms with Crippen LogP contribution < -0.4 is 4.72 Å². The lowest BCUT2D eigenvalue weighted by atomic mass is 9.96. The highest BCUT2D eigenvalue weighted by Gasteiger charge is 2.51. The van der Waals surface area contributed by atoms with Crippen LogP contribution in [0, 0.1) is 0 Å². The summed E-state index contributed by atoms with van der Waals surface area (Å²) in [5.74, 6) is 3.92. The standard InChI is InChI=1S/C25H40F3N3O4S2/c1-9-21(4)37(34,35)29-17-22(18-30(6)36(8,33)23-13-11-10-12-14-23)31(7)20(3)16-15-19(2)24(5,32)25(26,27)28/h10-11,13,15-16,21-22,29,32H,2-3,8-9,12,14,17-18H2,1,4-7H3. The number of aliphatic hydroxyl groups is 1. The molecule has 0 bridgehead atoms. The second-order valence-electron chi connectivity index (χ2n) is 9.35. The Bertz CT molecular complexity index is 1140. The van der Waals surface area contributed by atoms with E-state index in [1.807, 2.05) is 12.2 Å². The van der Waals surface area contributed by atoms with Crippen molar-refractivity contribution in [3.63, 3.8) is 0 Å². The summed E-state index contributed by atoms with van der Waals surface area (Å²) in [5, 5.41) is 9.17. The number of allylic oxidation sites excluding steroid dienone is 5. The Morgan fingerprint density at radius 3 is 2.32 bits per heavy atom.